The summed E-state index contributed by atoms with van der Waals surface area (Å²) in [6.45, 7) is 0. The molecule has 2 aromatic carbocycles. The quantitative estimate of drug-likeness (QED) is 0.502. The molecule has 0 amide bonds. The van der Waals surface area contributed by atoms with E-state index in [4.69, 9.17) is 4.42 Å². The maximum atomic E-state index is 13.3. The molecule has 0 aliphatic heterocycles. The number of benzene rings is 2. The van der Waals surface area contributed by atoms with Gasteiger partial charge in [-0.15, -0.1) is 0 Å². The number of rotatable bonds is 5. The lowest BCUT2D eigenvalue weighted by molar-refractivity contribution is 0.0940. The molecule has 4 heteroatoms. The van der Waals surface area contributed by atoms with Gasteiger partial charge in [-0.1, -0.05) is 60.7 Å². The molecule has 2 heterocycles. The first-order chi connectivity index (χ1) is 12.3. The highest BCUT2D eigenvalue weighted by Crippen LogP contribution is 2.29. The van der Waals surface area contributed by atoms with Crippen molar-refractivity contribution in [3.05, 3.63) is 102 Å². The molecule has 0 aliphatic carbocycles. The van der Waals surface area contributed by atoms with Crippen molar-refractivity contribution >= 4 is 5.78 Å². The number of Topliss-reactive ketones (excluding diaryl/α,β-unsaturated/α-hetero) is 1. The maximum Gasteiger partial charge on any atom is 0.191 e. The normalized spacial score (nSPS) is 12.0. The van der Waals surface area contributed by atoms with Crippen molar-refractivity contribution in [1.29, 1.82) is 0 Å². The van der Waals surface area contributed by atoms with Crippen LogP contribution in [0.1, 0.15) is 22.0 Å². The van der Waals surface area contributed by atoms with Crippen molar-refractivity contribution in [3.8, 4) is 11.5 Å². The number of hydrogen-bond donors (Lipinski definition) is 0. The van der Waals surface area contributed by atoms with Crippen LogP contribution in [0.3, 0.4) is 0 Å². The Morgan fingerprint density at radius 2 is 1.60 bits per heavy atom. The minimum Gasteiger partial charge on any atom is -0.463 e. The molecule has 0 bridgehead atoms. The zero-order valence-corrected chi connectivity index (χ0v) is 13.4. The Hall–Kier alpha value is -3.40. The maximum absolute atomic E-state index is 13.3. The lowest BCUT2D eigenvalue weighted by atomic mass is 9.97. The Kier molecular flexibility index (Phi) is 4.01. The van der Waals surface area contributed by atoms with E-state index in [2.05, 4.69) is 5.10 Å². The number of carbonyl (C=O) groups excluding carboxylic acids is 1. The lowest BCUT2D eigenvalue weighted by Gasteiger charge is -2.19. The van der Waals surface area contributed by atoms with E-state index in [-0.39, 0.29) is 5.78 Å². The third-order valence-electron chi connectivity index (χ3n) is 4.11. The largest absolute Gasteiger partial charge is 0.463 e. The molecule has 4 aromatic rings. The number of carbonyl (C=O) groups is 1. The van der Waals surface area contributed by atoms with Crippen molar-refractivity contribution < 1.29 is 9.21 Å². The van der Waals surface area contributed by atoms with Crippen LogP contribution in [0.5, 0.6) is 0 Å². The van der Waals surface area contributed by atoms with Crippen LogP contribution in [0, 0.1) is 0 Å². The molecule has 0 fully saturated rings. The topological polar surface area (TPSA) is 48.0 Å². The lowest BCUT2D eigenvalue weighted by Crippen LogP contribution is -2.22. The number of nitrogens with zero attached hydrogens (tertiary/aromatic N) is 2. The van der Waals surface area contributed by atoms with Gasteiger partial charge in [0, 0.05) is 11.8 Å². The molecule has 122 valence electrons. The minimum absolute atomic E-state index is 0.0108. The first-order valence-electron chi connectivity index (χ1n) is 8.06. The molecule has 0 N–H and O–H groups in total. The third kappa shape index (κ3) is 2.90. The van der Waals surface area contributed by atoms with E-state index < -0.39 is 6.04 Å². The Morgan fingerprint density at radius 1 is 0.880 bits per heavy atom. The second kappa shape index (κ2) is 6.61. The summed E-state index contributed by atoms with van der Waals surface area (Å²) >= 11 is 0. The van der Waals surface area contributed by atoms with Crippen LogP contribution in [-0.2, 0) is 0 Å². The van der Waals surface area contributed by atoms with E-state index in [0.29, 0.717) is 11.3 Å². The van der Waals surface area contributed by atoms with Crippen LogP contribution in [0.4, 0.5) is 0 Å². The Bertz CT molecular complexity index is 958. The average molecular weight is 328 g/mol. The van der Waals surface area contributed by atoms with Gasteiger partial charge in [-0.25, -0.2) is 4.68 Å². The van der Waals surface area contributed by atoms with Gasteiger partial charge >= 0.3 is 0 Å². The van der Waals surface area contributed by atoms with E-state index in [1.54, 1.807) is 17.1 Å². The highest BCUT2D eigenvalue weighted by atomic mass is 16.3. The number of ketones is 1. The second-order valence-electron chi connectivity index (χ2n) is 5.68. The fraction of sp³-hybridized carbons (Fsp3) is 0.0476. The first kappa shape index (κ1) is 15.1. The zero-order chi connectivity index (χ0) is 17.1. The summed E-state index contributed by atoms with van der Waals surface area (Å²) in [6.07, 6.45) is 3.30. The van der Waals surface area contributed by atoms with Crippen LogP contribution in [0.25, 0.3) is 11.5 Å². The SMILES string of the molecule is O=C(c1ccccc1)C(c1ccccc1)n1nccc1-c1ccco1. The standard InChI is InChI=1S/C21H16N2O2/c24-21(17-10-5-2-6-11-17)20(16-8-3-1-4-9-16)23-18(13-14-22-23)19-12-7-15-25-19/h1-15,20H. The van der Waals surface area contributed by atoms with Crippen molar-refractivity contribution in [2.45, 2.75) is 6.04 Å². The molecule has 0 saturated heterocycles. The van der Waals surface area contributed by atoms with Crippen LogP contribution in [0.15, 0.2) is 95.7 Å². The van der Waals surface area contributed by atoms with E-state index in [1.165, 1.54) is 0 Å². The molecule has 2 aromatic heterocycles. The monoisotopic (exact) mass is 328 g/mol. The average Bonchev–Trinajstić information content (AvgIpc) is 3.35. The molecule has 1 atom stereocenters. The smallest absolute Gasteiger partial charge is 0.191 e. The first-order valence-corrected chi connectivity index (χ1v) is 8.06. The summed E-state index contributed by atoms with van der Waals surface area (Å²) < 4.78 is 7.24. The van der Waals surface area contributed by atoms with Crippen molar-refractivity contribution in [1.82, 2.24) is 9.78 Å². The van der Waals surface area contributed by atoms with Crippen molar-refractivity contribution in [3.63, 3.8) is 0 Å². The van der Waals surface area contributed by atoms with E-state index in [0.717, 1.165) is 11.3 Å². The molecule has 1 unspecified atom stereocenters. The molecule has 4 rings (SSSR count). The third-order valence-corrected chi connectivity index (χ3v) is 4.11. The van der Waals surface area contributed by atoms with Gasteiger partial charge in [0.2, 0.25) is 0 Å². The van der Waals surface area contributed by atoms with Gasteiger partial charge < -0.3 is 4.42 Å². The van der Waals surface area contributed by atoms with E-state index >= 15 is 0 Å². The van der Waals surface area contributed by atoms with Crippen LogP contribution in [0.2, 0.25) is 0 Å². The van der Waals surface area contributed by atoms with E-state index in [9.17, 15) is 4.79 Å². The van der Waals surface area contributed by atoms with Crippen molar-refractivity contribution in [2.75, 3.05) is 0 Å². The molecule has 4 nitrogen and oxygen atoms in total. The molecular formula is C21H16N2O2. The molecule has 0 saturated carbocycles. The Labute approximate surface area is 145 Å². The summed E-state index contributed by atoms with van der Waals surface area (Å²) in [4.78, 5) is 13.3. The molecule has 0 aliphatic rings. The molecular weight excluding hydrogens is 312 g/mol. The van der Waals surface area contributed by atoms with Gasteiger partial charge in [0.15, 0.2) is 11.5 Å². The Morgan fingerprint density at radius 3 is 2.28 bits per heavy atom. The van der Waals surface area contributed by atoms with Crippen LogP contribution in [-0.4, -0.2) is 15.6 Å². The predicted octanol–water partition coefficient (Wildman–Crippen LogP) is 4.62. The second-order valence-corrected chi connectivity index (χ2v) is 5.68. The predicted molar refractivity (Wildman–Crippen MR) is 95.3 cm³/mol. The Balaban J connectivity index is 1.86. The van der Waals surface area contributed by atoms with Gasteiger partial charge in [0.05, 0.1) is 6.26 Å². The van der Waals surface area contributed by atoms with E-state index in [1.807, 2.05) is 78.9 Å². The fourth-order valence-electron chi connectivity index (χ4n) is 2.94. The summed E-state index contributed by atoms with van der Waals surface area (Å²) in [6, 6.07) is 23.9. The number of furan rings is 1. The molecule has 0 radical (unpaired) electrons. The summed E-state index contributed by atoms with van der Waals surface area (Å²) in [5.74, 6) is 0.669. The summed E-state index contributed by atoms with van der Waals surface area (Å²) in [7, 11) is 0. The fourth-order valence-corrected chi connectivity index (χ4v) is 2.94. The number of aromatic nitrogens is 2. The van der Waals surface area contributed by atoms with Gasteiger partial charge in [0.1, 0.15) is 11.7 Å². The van der Waals surface area contributed by atoms with Gasteiger partial charge in [-0.05, 0) is 23.8 Å². The summed E-state index contributed by atoms with van der Waals surface area (Å²) in [5.41, 5.74) is 2.30. The zero-order valence-electron chi connectivity index (χ0n) is 13.4. The van der Waals surface area contributed by atoms with Gasteiger partial charge in [-0.2, -0.15) is 5.10 Å². The highest BCUT2D eigenvalue weighted by molar-refractivity contribution is 6.01. The molecule has 25 heavy (non-hydrogen) atoms. The molecule has 0 spiro atoms. The van der Waals surface area contributed by atoms with Gasteiger partial charge in [-0.3, -0.25) is 4.79 Å². The highest BCUT2D eigenvalue weighted by Gasteiger charge is 2.27. The number of hydrogen-bond acceptors (Lipinski definition) is 3. The van der Waals surface area contributed by atoms with Crippen molar-refractivity contribution in [2.24, 2.45) is 0 Å². The van der Waals surface area contributed by atoms with Gasteiger partial charge in [0.25, 0.3) is 0 Å². The van der Waals surface area contributed by atoms with Crippen LogP contribution < -0.4 is 0 Å². The summed E-state index contributed by atoms with van der Waals surface area (Å²) in [5, 5.41) is 4.43. The minimum atomic E-state index is -0.557. The van der Waals surface area contributed by atoms with Crippen LogP contribution >= 0.6 is 0 Å².